The average molecular weight is 298 g/mol. The molecule has 0 amide bonds. The number of fused-ring (bicyclic) bond motifs is 1. The van der Waals surface area contributed by atoms with Crippen LogP contribution in [0.2, 0.25) is 0 Å². The first-order chi connectivity index (χ1) is 10.6. The Morgan fingerprint density at radius 1 is 0.909 bits per heavy atom. The highest BCUT2D eigenvalue weighted by atomic mass is 16.5. The van der Waals surface area contributed by atoms with Gasteiger partial charge in [-0.1, -0.05) is 12.1 Å². The van der Waals surface area contributed by atoms with E-state index in [2.05, 4.69) is 0 Å². The van der Waals surface area contributed by atoms with Crippen LogP contribution in [0, 0.1) is 0 Å². The molecule has 0 bridgehead atoms. The summed E-state index contributed by atoms with van der Waals surface area (Å²) in [5.41, 5.74) is 4.99. The van der Waals surface area contributed by atoms with Crippen LogP contribution in [0.1, 0.15) is 17.5 Å². The van der Waals surface area contributed by atoms with Gasteiger partial charge in [-0.2, -0.15) is 0 Å². The summed E-state index contributed by atoms with van der Waals surface area (Å²) < 4.78 is 10.7. The molecule has 0 fully saturated rings. The molecule has 0 saturated heterocycles. The number of hydrogen-bond acceptors (Lipinski definition) is 4. The molecule has 2 N–H and O–H groups in total. The summed E-state index contributed by atoms with van der Waals surface area (Å²) in [6.07, 6.45) is 3.07. The minimum Gasteiger partial charge on any atom is -0.497 e. The number of aryl methyl sites for hydroxylation is 1. The van der Waals surface area contributed by atoms with Gasteiger partial charge in [0.05, 0.1) is 14.2 Å². The standard InChI is InChI=1S/C17H19BO4/c1-21-14-7-12(8-15(10-14)22-2)17-9-13(18(19)20)6-11-4-3-5-16(11)17/h6-10,19-20H,3-5H2,1-2H3. The van der Waals surface area contributed by atoms with Crippen LogP contribution in [-0.2, 0) is 12.8 Å². The number of rotatable bonds is 4. The van der Waals surface area contributed by atoms with Gasteiger partial charge >= 0.3 is 7.12 Å². The summed E-state index contributed by atoms with van der Waals surface area (Å²) in [5, 5.41) is 19.1. The lowest BCUT2D eigenvalue weighted by atomic mass is 9.77. The molecule has 3 rings (SSSR count). The molecule has 0 aliphatic heterocycles. The summed E-state index contributed by atoms with van der Waals surface area (Å²) in [5.74, 6) is 1.44. The van der Waals surface area contributed by atoms with Crippen molar-refractivity contribution in [3.05, 3.63) is 41.5 Å². The lowest BCUT2D eigenvalue weighted by Gasteiger charge is -2.14. The van der Waals surface area contributed by atoms with Gasteiger partial charge in [0.1, 0.15) is 11.5 Å². The van der Waals surface area contributed by atoms with Crippen molar-refractivity contribution in [2.24, 2.45) is 0 Å². The third kappa shape index (κ3) is 2.70. The van der Waals surface area contributed by atoms with Crippen LogP contribution in [0.15, 0.2) is 30.3 Å². The summed E-state index contributed by atoms with van der Waals surface area (Å²) >= 11 is 0. The average Bonchev–Trinajstić information content (AvgIpc) is 3.01. The monoisotopic (exact) mass is 298 g/mol. The molecule has 22 heavy (non-hydrogen) atoms. The maximum absolute atomic E-state index is 9.53. The maximum Gasteiger partial charge on any atom is 0.488 e. The molecular formula is C17H19BO4. The molecule has 0 unspecified atom stereocenters. The zero-order valence-corrected chi connectivity index (χ0v) is 12.8. The van der Waals surface area contributed by atoms with Crippen molar-refractivity contribution in [3.8, 4) is 22.6 Å². The highest BCUT2D eigenvalue weighted by molar-refractivity contribution is 6.58. The van der Waals surface area contributed by atoms with Gasteiger partial charge in [-0.05, 0) is 59.1 Å². The van der Waals surface area contributed by atoms with Crippen LogP contribution in [0.5, 0.6) is 11.5 Å². The Kier molecular flexibility index (Phi) is 4.09. The third-order valence-corrected chi connectivity index (χ3v) is 4.20. The molecule has 2 aromatic carbocycles. The highest BCUT2D eigenvalue weighted by Crippen LogP contribution is 2.35. The molecule has 1 aliphatic rings. The van der Waals surface area contributed by atoms with Crippen molar-refractivity contribution in [2.75, 3.05) is 14.2 Å². The van der Waals surface area contributed by atoms with Crippen LogP contribution < -0.4 is 14.9 Å². The Labute approximate surface area is 130 Å². The number of benzene rings is 2. The zero-order valence-electron chi connectivity index (χ0n) is 12.8. The van der Waals surface area contributed by atoms with E-state index in [-0.39, 0.29) is 0 Å². The molecule has 4 nitrogen and oxygen atoms in total. The van der Waals surface area contributed by atoms with Crippen molar-refractivity contribution in [2.45, 2.75) is 19.3 Å². The van der Waals surface area contributed by atoms with E-state index in [0.717, 1.165) is 41.9 Å². The first kappa shape index (κ1) is 14.9. The Bertz CT molecular complexity index is 675. The molecule has 0 radical (unpaired) electrons. The van der Waals surface area contributed by atoms with Crippen LogP contribution >= 0.6 is 0 Å². The Balaban J connectivity index is 2.19. The summed E-state index contributed by atoms with van der Waals surface area (Å²) in [7, 11) is 1.78. The van der Waals surface area contributed by atoms with Gasteiger partial charge in [0.2, 0.25) is 0 Å². The van der Waals surface area contributed by atoms with Gasteiger partial charge in [0, 0.05) is 6.07 Å². The van der Waals surface area contributed by atoms with Crippen LogP contribution in [0.4, 0.5) is 0 Å². The van der Waals surface area contributed by atoms with Crippen molar-refractivity contribution in [1.82, 2.24) is 0 Å². The van der Waals surface area contributed by atoms with Crippen molar-refractivity contribution in [1.29, 1.82) is 0 Å². The normalized spacial score (nSPS) is 12.9. The molecule has 0 spiro atoms. The quantitative estimate of drug-likeness (QED) is 0.841. The topological polar surface area (TPSA) is 58.9 Å². The second kappa shape index (κ2) is 6.03. The van der Waals surface area contributed by atoms with Crippen LogP contribution in [0.25, 0.3) is 11.1 Å². The fraction of sp³-hybridized carbons (Fsp3) is 0.294. The molecule has 5 heteroatoms. The van der Waals surface area contributed by atoms with E-state index in [9.17, 15) is 10.0 Å². The molecular weight excluding hydrogens is 279 g/mol. The fourth-order valence-electron chi connectivity index (χ4n) is 3.10. The van der Waals surface area contributed by atoms with E-state index in [0.29, 0.717) is 5.46 Å². The molecule has 2 aromatic rings. The maximum atomic E-state index is 9.53. The van der Waals surface area contributed by atoms with E-state index < -0.39 is 7.12 Å². The molecule has 114 valence electrons. The Hall–Kier alpha value is -1.98. The van der Waals surface area contributed by atoms with E-state index in [4.69, 9.17) is 9.47 Å². The van der Waals surface area contributed by atoms with E-state index in [1.165, 1.54) is 11.1 Å². The van der Waals surface area contributed by atoms with Crippen molar-refractivity contribution in [3.63, 3.8) is 0 Å². The predicted octanol–water partition coefficient (Wildman–Crippen LogP) is 1.54. The summed E-state index contributed by atoms with van der Waals surface area (Å²) in [6.45, 7) is 0. The van der Waals surface area contributed by atoms with E-state index in [1.54, 1.807) is 14.2 Å². The molecule has 0 heterocycles. The lowest BCUT2D eigenvalue weighted by molar-refractivity contribution is 0.394. The Morgan fingerprint density at radius 2 is 1.59 bits per heavy atom. The number of hydrogen-bond donors (Lipinski definition) is 2. The molecule has 0 atom stereocenters. The minimum atomic E-state index is -1.46. The molecule has 0 aromatic heterocycles. The number of methoxy groups -OCH3 is 2. The predicted molar refractivity (Wildman–Crippen MR) is 86.8 cm³/mol. The first-order valence-corrected chi connectivity index (χ1v) is 7.37. The van der Waals surface area contributed by atoms with Crippen molar-refractivity contribution >= 4 is 12.6 Å². The molecule has 0 saturated carbocycles. The van der Waals surface area contributed by atoms with Crippen LogP contribution in [0.3, 0.4) is 0 Å². The minimum absolute atomic E-state index is 0.525. The largest absolute Gasteiger partial charge is 0.497 e. The lowest BCUT2D eigenvalue weighted by Crippen LogP contribution is -2.30. The number of ether oxygens (including phenoxy) is 2. The fourth-order valence-corrected chi connectivity index (χ4v) is 3.10. The highest BCUT2D eigenvalue weighted by Gasteiger charge is 2.21. The van der Waals surface area contributed by atoms with Gasteiger partial charge in [0.25, 0.3) is 0 Å². The third-order valence-electron chi connectivity index (χ3n) is 4.20. The molecule has 1 aliphatic carbocycles. The van der Waals surface area contributed by atoms with E-state index in [1.807, 2.05) is 30.3 Å². The smallest absolute Gasteiger partial charge is 0.488 e. The summed E-state index contributed by atoms with van der Waals surface area (Å²) in [4.78, 5) is 0. The Morgan fingerprint density at radius 3 is 2.18 bits per heavy atom. The van der Waals surface area contributed by atoms with Gasteiger partial charge in [-0.25, -0.2) is 0 Å². The van der Waals surface area contributed by atoms with Gasteiger partial charge in [-0.15, -0.1) is 0 Å². The van der Waals surface area contributed by atoms with Crippen LogP contribution in [-0.4, -0.2) is 31.4 Å². The first-order valence-electron chi connectivity index (χ1n) is 7.37. The summed E-state index contributed by atoms with van der Waals surface area (Å²) in [6, 6.07) is 9.47. The van der Waals surface area contributed by atoms with Gasteiger partial charge in [-0.3, -0.25) is 0 Å². The zero-order chi connectivity index (χ0) is 15.7. The van der Waals surface area contributed by atoms with Gasteiger partial charge < -0.3 is 19.5 Å². The second-order valence-corrected chi connectivity index (χ2v) is 5.53. The SMILES string of the molecule is COc1cc(OC)cc(-c2cc(B(O)O)cc3c2CCC3)c1. The van der Waals surface area contributed by atoms with Gasteiger partial charge in [0.15, 0.2) is 0 Å². The van der Waals surface area contributed by atoms with Crippen molar-refractivity contribution < 1.29 is 19.5 Å². The second-order valence-electron chi connectivity index (χ2n) is 5.53. The van der Waals surface area contributed by atoms with E-state index >= 15 is 0 Å².